The van der Waals surface area contributed by atoms with Crippen LogP contribution in [0, 0.1) is 11.2 Å². The summed E-state index contributed by atoms with van der Waals surface area (Å²) in [6, 6.07) is 5.75. The lowest BCUT2D eigenvalue weighted by atomic mass is 9.87. The number of guanidine groups is 1. The molecule has 6 nitrogen and oxygen atoms in total. The Balaban J connectivity index is 1.51. The molecule has 0 radical (unpaired) electrons. The molecule has 0 bridgehead atoms. The Labute approximate surface area is 154 Å². The summed E-state index contributed by atoms with van der Waals surface area (Å²) in [6.07, 6.45) is 1.50. The van der Waals surface area contributed by atoms with Crippen LogP contribution >= 0.6 is 0 Å². The number of aliphatic imine (C=N–C) groups is 1. The lowest BCUT2D eigenvalue weighted by molar-refractivity contribution is 0.114. The van der Waals surface area contributed by atoms with Gasteiger partial charge in [-0.3, -0.25) is 4.99 Å². The minimum atomic E-state index is -0.722. The zero-order valence-corrected chi connectivity index (χ0v) is 15.3. The van der Waals surface area contributed by atoms with Gasteiger partial charge in [-0.25, -0.2) is 4.39 Å². The maximum absolute atomic E-state index is 12.9. The van der Waals surface area contributed by atoms with Gasteiger partial charge in [-0.15, -0.1) is 0 Å². The molecule has 0 aromatic heterocycles. The van der Waals surface area contributed by atoms with E-state index in [9.17, 15) is 9.50 Å². The standard InChI is InChI=1S/C19H28FN3O3/c1-2-21-18(23-9-7-19(13-23)8-10-25-14-19)22-11-16(24)12-26-17-5-3-15(20)4-6-17/h3-6,16,24H,2,7-14H2,1H3,(H,21,22). The molecule has 2 heterocycles. The van der Waals surface area contributed by atoms with Crippen LogP contribution in [0.5, 0.6) is 5.75 Å². The molecule has 144 valence electrons. The molecule has 0 saturated carbocycles. The first kappa shape index (κ1) is 18.9. The number of nitrogens with zero attached hydrogens (tertiary/aromatic N) is 2. The maximum atomic E-state index is 12.9. The zero-order valence-electron chi connectivity index (χ0n) is 15.3. The largest absolute Gasteiger partial charge is 0.491 e. The Morgan fingerprint density at radius 3 is 2.92 bits per heavy atom. The second kappa shape index (κ2) is 8.68. The Hall–Kier alpha value is -1.86. The van der Waals surface area contributed by atoms with Crippen molar-refractivity contribution in [3.8, 4) is 5.75 Å². The van der Waals surface area contributed by atoms with Crippen molar-refractivity contribution >= 4 is 5.96 Å². The van der Waals surface area contributed by atoms with Crippen molar-refractivity contribution in [2.45, 2.75) is 25.9 Å². The molecular weight excluding hydrogens is 337 g/mol. The number of hydrogen-bond acceptors (Lipinski definition) is 4. The monoisotopic (exact) mass is 365 g/mol. The van der Waals surface area contributed by atoms with Gasteiger partial charge in [0, 0.05) is 31.7 Å². The Morgan fingerprint density at radius 2 is 2.23 bits per heavy atom. The average Bonchev–Trinajstić information content (AvgIpc) is 3.28. The van der Waals surface area contributed by atoms with E-state index in [-0.39, 0.29) is 24.4 Å². The molecular formula is C19H28FN3O3. The molecule has 3 rings (SSSR count). The van der Waals surface area contributed by atoms with Crippen molar-refractivity contribution in [3.63, 3.8) is 0 Å². The van der Waals surface area contributed by atoms with Gasteiger partial charge in [0.25, 0.3) is 0 Å². The summed E-state index contributed by atoms with van der Waals surface area (Å²) in [4.78, 5) is 6.83. The topological polar surface area (TPSA) is 66.3 Å². The van der Waals surface area contributed by atoms with Crippen LogP contribution in [0.1, 0.15) is 19.8 Å². The highest BCUT2D eigenvalue weighted by atomic mass is 19.1. The predicted molar refractivity (Wildman–Crippen MR) is 97.9 cm³/mol. The average molecular weight is 365 g/mol. The SMILES string of the molecule is CCNC(=NCC(O)COc1ccc(F)cc1)N1CCC2(CCOC2)C1. The molecule has 0 aliphatic carbocycles. The van der Waals surface area contributed by atoms with Crippen LogP contribution in [0.3, 0.4) is 0 Å². The third kappa shape index (κ3) is 4.86. The van der Waals surface area contributed by atoms with Gasteiger partial charge in [0.1, 0.15) is 24.3 Å². The number of nitrogens with one attached hydrogen (secondary N) is 1. The van der Waals surface area contributed by atoms with Crippen molar-refractivity contribution < 1.29 is 19.0 Å². The first-order valence-electron chi connectivity index (χ1n) is 9.28. The highest BCUT2D eigenvalue weighted by molar-refractivity contribution is 5.80. The smallest absolute Gasteiger partial charge is 0.194 e. The number of rotatable bonds is 6. The van der Waals surface area contributed by atoms with E-state index in [1.54, 1.807) is 12.1 Å². The van der Waals surface area contributed by atoms with Crippen LogP contribution in [0.2, 0.25) is 0 Å². The van der Waals surface area contributed by atoms with E-state index in [0.717, 1.165) is 51.6 Å². The summed E-state index contributed by atoms with van der Waals surface area (Å²) in [5.74, 6) is 1.05. The van der Waals surface area contributed by atoms with Crippen LogP contribution in [0.25, 0.3) is 0 Å². The first-order valence-corrected chi connectivity index (χ1v) is 9.28. The Kier molecular flexibility index (Phi) is 6.32. The number of benzene rings is 1. The molecule has 2 fully saturated rings. The molecule has 1 aromatic carbocycles. The molecule has 2 atom stereocenters. The molecule has 1 aromatic rings. The van der Waals surface area contributed by atoms with Crippen molar-refractivity contribution in [1.82, 2.24) is 10.2 Å². The Bertz CT molecular complexity index is 603. The van der Waals surface area contributed by atoms with Gasteiger partial charge >= 0.3 is 0 Å². The number of halogens is 1. The summed E-state index contributed by atoms with van der Waals surface area (Å²) < 4.78 is 23.9. The van der Waals surface area contributed by atoms with Crippen molar-refractivity contribution in [1.29, 1.82) is 0 Å². The maximum Gasteiger partial charge on any atom is 0.194 e. The molecule has 7 heteroatoms. The zero-order chi connectivity index (χ0) is 18.4. The fourth-order valence-electron chi connectivity index (χ4n) is 3.48. The quantitative estimate of drug-likeness (QED) is 0.593. The van der Waals surface area contributed by atoms with Gasteiger partial charge in [0.05, 0.1) is 13.2 Å². The minimum Gasteiger partial charge on any atom is -0.491 e. The van der Waals surface area contributed by atoms with Crippen LogP contribution in [-0.4, -0.2) is 68.1 Å². The van der Waals surface area contributed by atoms with Crippen LogP contribution in [0.15, 0.2) is 29.3 Å². The number of hydrogen-bond donors (Lipinski definition) is 2. The van der Waals surface area contributed by atoms with Gasteiger partial charge in [0.15, 0.2) is 5.96 Å². The van der Waals surface area contributed by atoms with Crippen LogP contribution in [-0.2, 0) is 4.74 Å². The lowest BCUT2D eigenvalue weighted by Crippen LogP contribution is -2.42. The second-order valence-corrected chi connectivity index (χ2v) is 7.09. The van der Waals surface area contributed by atoms with Gasteiger partial charge in [-0.05, 0) is 44.0 Å². The molecule has 0 amide bonds. The van der Waals surface area contributed by atoms with E-state index in [2.05, 4.69) is 15.2 Å². The fraction of sp³-hybridized carbons (Fsp3) is 0.632. The van der Waals surface area contributed by atoms with E-state index in [4.69, 9.17) is 9.47 Å². The molecule has 2 saturated heterocycles. The lowest BCUT2D eigenvalue weighted by Gasteiger charge is -2.25. The molecule has 2 unspecified atom stereocenters. The molecule has 26 heavy (non-hydrogen) atoms. The van der Waals surface area contributed by atoms with E-state index >= 15 is 0 Å². The third-order valence-corrected chi connectivity index (χ3v) is 4.97. The summed E-state index contributed by atoms with van der Waals surface area (Å²) in [5, 5.41) is 13.5. The number of likely N-dealkylation sites (tertiary alicyclic amines) is 1. The summed E-state index contributed by atoms with van der Waals surface area (Å²) in [6.45, 7) is 6.77. The van der Waals surface area contributed by atoms with E-state index in [0.29, 0.717) is 5.75 Å². The van der Waals surface area contributed by atoms with Gasteiger partial charge in [-0.1, -0.05) is 0 Å². The van der Waals surface area contributed by atoms with Gasteiger partial charge in [-0.2, -0.15) is 0 Å². The summed E-state index contributed by atoms with van der Waals surface area (Å²) >= 11 is 0. The minimum absolute atomic E-state index is 0.117. The molecule has 2 aliphatic rings. The van der Waals surface area contributed by atoms with Crippen molar-refractivity contribution in [2.24, 2.45) is 10.4 Å². The fourth-order valence-corrected chi connectivity index (χ4v) is 3.48. The summed E-state index contributed by atoms with van der Waals surface area (Å²) in [5.41, 5.74) is 0.264. The molecule has 2 N–H and O–H groups in total. The van der Waals surface area contributed by atoms with Gasteiger partial charge in [0.2, 0.25) is 0 Å². The highest BCUT2D eigenvalue weighted by Gasteiger charge is 2.42. The second-order valence-electron chi connectivity index (χ2n) is 7.09. The molecule has 2 aliphatic heterocycles. The van der Waals surface area contributed by atoms with Crippen LogP contribution in [0.4, 0.5) is 4.39 Å². The predicted octanol–water partition coefficient (Wildman–Crippen LogP) is 1.64. The number of aliphatic hydroxyl groups is 1. The van der Waals surface area contributed by atoms with Crippen LogP contribution < -0.4 is 10.1 Å². The molecule has 1 spiro atoms. The van der Waals surface area contributed by atoms with Gasteiger partial charge < -0.3 is 24.8 Å². The van der Waals surface area contributed by atoms with Crippen molar-refractivity contribution in [3.05, 3.63) is 30.1 Å². The van der Waals surface area contributed by atoms with E-state index in [1.807, 2.05) is 6.92 Å². The summed E-state index contributed by atoms with van der Waals surface area (Å²) in [7, 11) is 0. The normalized spacial score (nSPS) is 24.3. The van der Waals surface area contributed by atoms with E-state index < -0.39 is 6.10 Å². The Morgan fingerprint density at radius 1 is 1.42 bits per heavy atom. The third-order valence-electron chi connectivity index (χ3n) is 4.97. The first-order chi connectivity index (χ1) is 12.6. The van der Waals surface area contributed by atoms with E-state index in [1.165, 1.54) is 12.1 Å². The number of ether oxygens (including phenoxy) is 2. The number of aliphatic hydroxyl groups excluding tert-OH is 1. The highest BCUT2D eigenvalue weighted by Crippen LogP contribution is 2.38. The van der Waals surface area contributed by atoms with Crippen molar-refractivity contribution in [2.75, 3.05) is 46.0 Å².